The van der Waals surface area contributed by atoms with E-state index in [4.69, 9.17) is 0 Å². The summed E-state index contributed by atoms with van der Waals surface area (Å²) in [6, 6.07) is 0. The minimum Gasteiger partial charge on any atom is -0.299 e. The molecule has 1 nitrogen and oxygen atoms in total. The fraction of sp³-hybridized carbons (Fsp3) is 0.750. The van der Waals surface area contributed by atoms with Crippen molar-refractivity contribution in [2.75, 3.05) is 0 Å². The third-order valence-electron chi connectivity index (χ3n) is 4.58. The first kappa shape index (κ1) is 8.98. The second kappa shape index (κ2) is 2.46. The number of carbonyl (C=O) groups excluding carboxylic acids is 1. The zero-order chi connectivity index (χ0) is 9.69. The lowest BCUT2D eigenvalue weighted by Gasteiger charge is -2.44. The smallest absolute Gasteiger partial charge is 0.143 e. The van der Waals surface area contributed by atoms with Gasteiger partial charge in [-0.15, -0.1) is 0 Å². The highest BCUT2D eigenvalue weighted by Gasteiger charge is 2.56. The molecule has 2 rings (SSSR count). The molecule has 2 atom stereocenters. The molecule has 2 aliphatic rings. The van der Waals surface area contributed by atoms with Gasteiger partial charge in [0, 0.05) is 6.42 Å². The van der Waals surface area contributed by atoms with Crippen LogP contribution in [0.2, 0.25) is 0 Å². The summed E-state index contributed by atoms with van der Waals surface area (Å²) in [7, 11) is 0. The van der Waals surface area contributed by atoms with Crippen molar-refractivity contribution < 1.29 is 4.79 Å². The van der Waals surface area contributed by atoms with Gasteiger partial charge in [-0.2, -0.15) is 0 Å². The van der Waals surface area contributed by atoms with Gasteiger partial charge in [0.1, 0.15) is 5.78 Å². The highest BCUT2D eigenvalue weighted by Crippen LogP contribution is 2.60. The number of allylic oxidation sites excluding steroid dienone is 1. The van der Waals surface area contributed by atoms with Gasteiger partial charge in [0.15, 0.2) is 0 Å². The normalized spacial score (nSPS) is 45.1. The van der Waals surface area contributed by atoms with Crippen molar-refractivity contribution >= 4 is 5.78 Å². The van der Waals surface area contributed by atoms with Crippen molar-refractivity contribution in [3.8, 4) is 0 Å². The largest absolute Gasteiger partial charge is 0.299 e. The Hall–Kier alpha value is -0.590. The van der Waals surface area contributed by atoms with Crippen LogP contribution in [0.25, 0.3) is 0 Å². The Morgan fingerprint density at radius 2 is 1.92 bits per heavy atom. The van der Waals surface area contributed by atoms with Crippen molar-refractivity contribution in [3.05, 3.63) is 12.2 Å². The average Bonchev–Trinajstić information content (AvgIpc) is 2.31. The van der Waals surface area contributed by atoms with E-state index in [1.807, 2.05) is 0 Å². The molecule has 0 N–H and O–H groups in total. The van der Waals surface area contributed by atoms with Crippen LogP contribution < -0.4 is 0 Å². The lowest BCUT2D eigenvalue weighted by atomic mass is 9.58. The second-order valence-electron chi connectivity index (χ2n) is 5.07. The number of hydrogen-bond donors (Lipinski definition) is 0. The van der Waals surface area contributed by atoms with Gasteiger partial charge in [-0.05, 0) is 38.0 Å². The molecule has 0 radical (unpaired) electrons. The third-order valence-corrected chi connectivity index (χ3v) is 4.58. The van der Waals surface area contributed by atoms with E-state index in [9.17, 15) is 4.79 Å². The lowest BCUT2D eigenvalue weighted by Crippen LogP contribution is -2.43. The Morgan fingerprint density at radius 3 is 2.54 bits per heavy atom. The van der Waals surface area contributed by atoms with Crippen LogP contribution in [0.3, 0.4) is 0 Å². The second-order valence-corrected chi connectivity index (χ2v) is 5.07. The molecular formula is C12H18O. The lowest BCUT2D eigenvalue weighted by molar-refractivity contribution is -0.134. The molecule has 0 amide bonds. The Balaban J connectivity index is 2.47. The molecule has 2 aliphatic carbocycles. The van der Waals surface area contributed by atoms with Gasteiger partial charge in [0.2, 0.25) is 0 Å². The molecule has 0 saturated heterocycles. The first-order chi connectivity index (χ1) is 6.01. The molecule has 0 aromatic carbocycles. The molecule has 72 valence electrons. The number of fused-ring (bicyclic) bond motifs is 1. The van der Waals surface area contributed by atoms with Crippen molar-refractivity contribution in [1.29, 1.82) is 0 Å². The van der Waals surface area contributed by atoms with Crippen LogP contribution in [-0.4, -0.2) is 5.78 Å². The fourth-order valence-electron chi connectivity index (χ4n) is 3.15. The van der Waals surface area contributed by atoms with E-state index < -0.39 is 0 Å². The number of carbonyl (C=O) groups is 1. The summed E-state index contributed by atoms with van der Waals surface area (Å²) in [5.41, 5.74) is 1.21. The Morgan fingerprint density at radius 1 is 1.23 bits per heavy atom. The molecule has 0 bridgehead atoms. The van der Waals surface area contributed by atoms with Gasteiger partial charge in [0.05, 0.1) is 5.41 Å². The molecule has 1 heteroatoms. The van der Waals surface area contributed by atoms with Gasteiger partial charge in [-0.25, -0.2) is 0 Å². The summed E-state index contributed by atoms with van der Waals surface area (Å²) in [6.45, 7) is 8.47. The average molecular weight is 178 g/mol. The zero-order valence-electron chi connectivity index (χ0n) is 8.65. The van der Waals surface area contributed by atoms with E-state index in [2.05, 4.69) is 20.4 Å². The maximum Gasteiger partial charge on any atom is 0.143 e. The van der Waals surface area contributed by atoms with Gasteiger partial charge in [-0.3, -0.25) is 4.79 Å². The third kappa shape index (κ3) is 0.905. The fourth-order valence-corrected chi connectivity index (χ4v) is 3.15. The summed E-state index contributed by atoms with van der Waals surface area (Å²) in [4.78, 5) is 12.0. The van der Waals surface area contributed by atoms with E-state index in [1.165, 1.54) is 12.0 Å². The van der Waals surface area contributed by atoms with Crippen LogP contribution in [0.15, 0.2) is 12.2 Å². The van der Waals surface area contributed by atoms with Crippen molar-refractivity contribution in [2.24, 2.45) is 10.8 Å². The summed E-state index contributed by atoms with van der Waals surface area (Å²) >= 11 is 0. The number of hydrogen-bond acceptors (Lipinski definition) is 1. The van der Waals surface area contributed by atoms with Gasteiger partial charge >= 0.3 is 0 Å². The molecule has 0 aliphatic heterocycles. The van der Waals surface area contributed by atoms with Crippen molar-refractivity contribution in [3.63, 3.8) is 0 Å². The van der Waals surface area contributed by atoms with Crippen LogP contribution in [0.5, 0.6) is 0 Å². The van der Waals surface area contributed by atoms with Gasteiger partial charge in [0.25, 0.3) is 0 Å². The quantitative estimate of drug-likeness (QED) is 0.521. The molecule has 0 aromatic rings. The summed E-state index contributed by atoms with van der Waals surface area (Å²) in [5, 5.41) is 0. The SMILES string of the molecule is C=C1CC[C@]2(C)CCCC(=O)[C@]12C. The zero-order valence-corrected chi connectivity index (χ0v) is 8.65. The number of ketones is 1. The molecule has 0 spiro atoms. The summed E-state index contributed by atoms with van der Waals surface area (Å²) in [5.74, 6) is 0.434. The van der Waals surface area contributed by atoms with E-state index in [0.29, 0.717) is 5.78 Å². The van der Waals surface area contributed by atoms with Crippen LogP contribution in [-0.2, 0) is 4.79 Å². The van der Waals surface area contributed by atoms with Crippen molar-refractivity contribution in [1.82, 2.24) is 0 Å². The maximum absolute atomic E-state index is 12.0. The minimum atomic E-state index is -0.189. The Labute approximate surface area is 80.2 Å². The highest BCUT2D eigenvalue weighted by atomic mass is 16.1. The monoisotopic (exact) mass is 178 g/mol. The minimum absolute atomic E-state index is 0.189. The first-order valence-corrected chi connectivity index (χ1v) is 5.22. The van der Waals surface area contributed by atoms with Gasteiger partial charge in [-0.1, -0.05) is 19.1 Å². The molecule has 0 unspecified atom stereocenters. The Bertz CT molecular complexity index is 279. The highest BCUT2D eigenvalue weighted by molar-refractivity contribution is 5.89. The number of Topliss-reactive ketones (excluding diaryl/α,β-unsaturated/α-hetero) is 1. The molecule has 2 fully saturated rings. The van der Waals surface area contributed by atoms with Gasteiger partial charge < -0.3 is 0 Å². The molecule has 0 heterocycles. The Kier molecular flexibility index (Phi) is 1.70. The van der Waals surface area contributed by atoms with Crippen LogP contribution in [0.1, 0.15) is 46.0 Å². The predicted octanol–water partition coefficient (Wildman–Crippen LogP) is 3.10. The van der Waals surface area contributed by atoms with Crippen LogP contribution in [0.4, 0.5) is 0 Å². The predicted molar refractivity (Wildman–Crippen MR) is 53.4 cm³/mol. The maximum atomic E-state index is 12.0. The molecule has 2 saturated carbocycles. The van der Waals surface area contributed by atoms with E-state index in [1.54, 1.807) is 0 Å². The number of rotatable bonds is 0. The van der Waals surface area contributed by atoms with Crippen LogP contribution in [0, 0.1) is 10.8 Å². The topological polar surface area (TPSA) is 17.1 Å². The summed E-state index contributed by atoms with van der Waals surface area (Å²) in [6.07, 6.45) is 5.27. The van der Waals surface area contributed by atoms with Crippen molar-refractivity contribution in [2.45, 2.75) is 46.0 Å². The molecule has 0 aromatic heterocycles. The molecular weight excluding hydrogens is 160 g/mol. The molecule has 13 heavy (non-hydrogen) atoms. The summed E-state index contributed by atoms with van der Waals surface area (Å²) < 4.78 is 0. The van der Waals surface area contributed by atoms with E-state index in [0.717, 1.165) is 25.7 Å². The standard InChI is InChI=1S/C12H18O/c1-9-6-8-11(2)7-4-5-10(13)12(9,11)3/h1,4-8H2,2-3H3/t11-,12-/m0/s1. The van der Waals surface area contributed by atoms with Crippen LogP contribution >= 0.6 is 0 Å². The van der Waals surface area contributed by atoms with E-state index in [-0.39, 0.29) is 10.8 Å². The first-order valence-electron chi connectivity index (χ1n) is 5.22. The van der Waals surface area contributed by atoms with E-state index >= 15 is 0 Å².